The molecule has 0 amide bonds. The van der Waals surface area contributed by atoms with E-state index in [0.717, 1.165) is 60.0 Å². The summed E-state index contributed by atoms with van der Waals surface area (Å²) in [4.78, 5) is 0. The maximum absolute atomic E-state index is 7.53. The van der Waals surface area contributed by atoms with Crippen LogP contribution in [0.1, 0.15) is 103 Å². The predicted octanol–water partition coefficient (Wildman–Crippen LogP) is 11.6. The summed E-state index contributed by atoms with van der Waals surface area (Å²) in [6.07, 6.45) is -2.62. The van der Waals surface area contributed by atoms with E-state index in [2.05, 4.69) is 96.2 Å². The molecule has 0 aromatic heterocycles. The van der Waals surface area contributed by atoms with E-state index in [1.165, 1.54) is 0 Å². The van der Waals surface area contributed by atoms with Crippen molar-refractivity contribution in [2.75, 3.05) is 20.5 Å². The summed E-state index contributed by atoms with van der Waals surface area (Å²) < 4.78 is 61.0. The predicted molar refractivity (Wildman–Crippen MR) is 238 cm³/mol. The largest absolute Gasteiger partial charge is 0.415 e. The van der Waals surface area contributed by atoms with Crippen LogP contribution in [-0.4, -0.2) is 108 Å². The van der Waals surface area contributed by atoms with Gasteiger partial charge in [-0.2, -0.15) is 0 Å². The fourth-order valence-electron chi connectivity index (χ4n) is 7.93. The average Bonchev–Trinajstić information content (AvgIpc) is 3.62. The summed E-state index contributed by atoms with van der Waals surface area (Å²) in [6.45, 7) is 40.9. The number of hydrogen-bond acceptors (Lipinski definition) is 9. The van der Waals surface area contributed by atoms with Gasteiger partial charge in [0.15, 0.2) is 45.3 Å². The first-order valence-electron chi connectivity index (χ1n) is 21.7. The fourth-order valence-corrected chi connectivity index (χ4v) is 17.9. The van der Waals surface area contributed by atoms with Crippen LogP contribution in [0.5, 0.6) is 0 Å². The number of alkyl halides is 1. The molecule has 326 valence electrons. The maximum atomic E-state index is 7.53. The van der Waals surface area contributed by atoms with Crippen LogP contribution < -0.4 is 0 Å². The van der Waals surface area contributed by atoms with Gasteiger partial charge in [-0.1, -0.05) is 89.7 Å². The molecule has 55 heavy (non-hydrogen) atoms. The molecule has 2 rings (SSSR count). The van der Waals surface area contributed by atoms with E-state index in [0.29, 0.717) is 13.0 Å². The van der Waals surface area contributed by atoms with Gasteiger partial charge in [0, 0.05) is 13.5 Å². The minimum absolute atomic E-state index is 0.0106. The van der Waals surface area contributed by atoms with Gasteiger partial charge in [-0.3, -0.25) is 0 Å². The molecule has 0 radical (unpaired) electrons. The summed E-state index contributed by atoms with van der Waals surface area (Å²) in [5.41, 5.74) is 0.838. The zero-order chi connectivity index (χ0) is 42.0. The van der Waals surface area contributed by atoms with E-state index < -0.39 is 69.0 Å². The smallest absolute Gasteiger partial charge is 0.193 e. The third-order valence-electron chi connectivity index (χ3n) is 13.7. The van der Waals surface area contributed by atoms with Gasteiger partial charge in [0.05, 0.1) is 30.3 Å². The molecule has 0 aromatic rings. The Kier molecular flexibility index (Phi) is 20.6. The van der Waals surface area contributed by atoms with Crippen molar-refractivity contribution in [1.82, 2.24) is 0 Å². The van der Waals surface area contributed by atoms with E-state index in [4.69, 9.17) is 59.6 Å². The van der Waals surface area contributed by atoms with Gasteiger partial charge < -0.3 is 41.4 Å². The van der Waals surface area contributed by atoms with Crippen LogP contribution in [0.2, 0.25) is 72.5 Å². The SMILES string of the molecule is C=C([C@@H](O[Si](CC)(CC)CC)[C@H](OCOC)[C@H](Cl)CO[Si](CC)(CC)CC)[C@@H](C[C@H]1O[C@@H]2OC(C)(C)O[C@@H]2[C@H]1O[Si](C)(C)C(C)(C)C)O[Si](CC)(CC)CC. The molecule has 0 aromatic carbocycles. The lowest BCUT2D eigenvalue weighted by Gasteiger charge is -2.44. The van der Waals surface area contributed by atoms with Crippen LogP contribution in [0, 0.1) is 0 Å². The molecule has 0 aliphatic carbocycles. The van der Waals surface area contributed by atoms with Crippen molar-refractivity contribution in [2.45, 2.75) is 230 Å². The van der Waals surface area contributed by atoms with E-state index in [1.807, 2.05) is 13.8 Å². The van der Waals surface area contributed by atoms with Gasteiger partial charge in [-0.05, 0) is 91.9 Å². The highest BCUT2D eigenvalue weighted by Crippen LogP contribution is 2.46. The fraction of sp³-hybridized carbons (Fsp3) is 0.951. The van der Waals surface area contributed by atoms with Crippen LogP contribution in [0.4, 0.5) is 0 Å². The number of fused-ring (bicyclic) bond motifs is 1. The van der Waals surface area contributed by atoms with Crippen LogP contribution in [0.3, 0.4) is 0 Å². The molecule has 2 aliphatic heterocycles. The van der Waals surface area contributed by atoms with Gasteiger partial charge in [0.25, 0.3) is 0 Å². The summed E-state index contributed by atoms with van der Waals surface area (Å²) >= 11 is 7.48. The second kappa shape index (κ2) is 21.9. The molecule has 0 bridgehead atoms. The Morgan fingerprint density at radius 1 is 0.782 bits per heavy atom. The zero-order valence-corrected chi connectivity index (χ0v) is 43.1. The first kappa shape index (κ1) is 51.7. The summed E-state index contributed by atoms with van der Waals surface area (Å²) in [5.74, 6) is -0.770. The van der Waals surface area contributed by atoms with Gasteiger partial charge in [-0.15, -0.1) is 11.6 Å². The summed E-state index contributed by atoms with van der Waals surface area (Å²) in [5, 5.41) is -0.513. The lowest BCUT2D eigenvalue weighted by atomic mass is 9.94. The molecule has 0 saturated carbocycles. The second-order valence-corrected chi connectivity index (χ2v) is 37.6. The number of halogens is 1. The highest BCUT2D eigenvalue weighted by Gasteiger charge is 2.58. The van der Waals surface area contributed by atoms with Gasteiger partial charge in [0.1, 0.15) is 25.1 Å². The van der Waals surface area contributed by atoms with Crippen LogP contribution in [-0.2, 0) is 41.4 Å². The maximum Gasteiger partial charge on any atom is 0.193 e. The third-order valence-corrected chi connectivity index (χ3v) is 32.5. The van der Waals surface area contributed by atoms with Gasteiger partial charge in [-0.25, -0.2) is 0 Å². The third kappa shape index (κ3) is 13.0. The van der Waals surface area contributed by atoms with Crippen molar-refractivity contribution >= 4 is 44.9 Å². The van der Waals surface area contributed by atoms with Gasteiger partial charge >= 0.3 is 0 Å². The monoisotopic (exact) mass is 868 g/mol. The topological polar surface area (TPSA) is 83.1 Å². The van der Waals surface area contributed by atoms with Crippen LogP contribution >= 0.6 is 11.6 Å². The summed E-state index contributed by atoms with van der Waals surface area (Å²) in [7, 11) is -7.02. The lowest BCUT2D eigenvalue weighted by molar-refractivity contribution is -0.215. The second-order valence-electron chi connectivity index (χ2n) is 18.0. The molecular weight excluding hydrogens is 784 g/mol. The number of ether oxygens (including phenoxy) is 5. The van der Waals surface area contributed by atoms with Crippen molar-refractivity contribution in [3.63, 3.8) is 0 Å². The Balaban J connectivity index is 2.77. The highest BCUT2D eigenvalue weighted by atomic mass is 35.5. The number of rotatable bonds is 27. The minimum Gasteiger partial charge on any atom is -0.415 e. The molecule has 2 heterocycles. The molecule has 0 spiro atoms. The molecule has 14 heteroatoms. The first-order chi connectivity index (χ1) is 25.6. The quantitative estimate of drug-likeness (QED) is 0.0347. The Morgan fingerprint density at radius 2 is 1.27 bits per heavy atom. The molecular formula is C41H85ClO9Si4. The highest BCUT2D eigenvalue weighted by molar-refractivity contribution is 6.75. The van der Waals surface area contributed by atoms with Crippen molar-refractivity contribution < 1.29 is 41.4 Å². The van der Waals surface area contributed by atoms with E-state index >= 15 is 0 Å². The van der Waals surface area contributed by atoms with Crippen molar-refractivity contribution in [3.8, 4) is 0 Å². The standard InChI is InChI=1S/C41H85ClO9Si4/c1-19-53(20-2,21-3)45-29-32(42)36(44-30-43-16)35(51-55(25-7,26-8)27-9)31(10)33(49-54(22-4,23-5)24-6)28-34-37(50-52(17,18)40(11,12)13)38-39(46-34)48-41(14,15)47-38/h32-39H,10,19-30H2,1-9,11-18H3/t32-,33-,34-,35-,36-,37+,38-,39-/m1/s1. The number of hydrogen-bond donors (Lipinski definition) is 0. The van der Waals surface area contributed by atoms with Crippen molar-refractivity contribution in [2.24, 2.45) is 0 Å². The normalized spacial score (nSPS) is 24.5. The Bertz CT molecular complexity index is 1120. The molecule has 2 saturated heterocycles. The molecule has 0 unspecified atom stereocenters. The van der Waals surface area contributed by atoms with Crippen LogP contribution in [0.25, 0.3) is 0 Å². The van der Waals surface area contributed by atoms with Gasteiger partial charge in [0.2, 0.25) is 0 Å². The average molecular weight is 870 g/mol. The number of methoxy groups -OCH3 is 1. The lowest BCUT2D eigenvalue weighted by Crippen LogP contribution is -2.54. The summed E-state index contributed by atoms with van der Waals surface area (Å²) in [6, 6.07) is 8.97. The molecule has 2 aliphatic rings. The van der Waals surface area contributed by atoms with E-state index in [1.54, 1.807) is 7.11 Å². The van der Waals surface area contributed by atoms with Crippen LogP contribution in [0.15, 0.2) is 12.2 Å². The molecule has 0 N–H and O–H groups in total. The van der Waals surface area contributed by atoms with E-state index in [9.17, 15) is 0 Å². The Morgan fingerprint density at radius 3 is 1.73 bits per heavy atom. The van der Waals surface area contributed by atoms with E-state index in [-0.39, 0.29) is 30.1 Å². The Labute approximate surface area is 347 Å². The molecule has 2 fully saturated rings. The molecule has 9 nitrogen and oxygen atoms in total. The van der Waals surface area contributed by atoms with Crippen molar-refractivity contribution in [1.29, 1.82) is 0 Å². The van der Waals surface area contributed by atoms with Crippen molar-refractivity contribution in [3.05, 3.63) is 12.2 Å². The minimum atomic E-state index is -2.27. The first-order valence-corrected chi connectivity index (χ1v) is 32.7. The Hall–Kier alpha value is 0.538. The molecule has 8 atom stereocenters. The zero-order valence-electron chi connectivity index (χ0n) is 38.4.